The van der Waals surface area contributed by atoms with Gasteiger partial charge in [-0.05, 0) is 93.1 Å². The summed E-state index contributed by atoms with van der Waals surface area (Å²) in [6.45, 7) is 5.42. The molecule has 1 aromatic heterocycles. The average Bonchev–Trinajstić information content (AvgIpc) is 3.58. The Morgan fingerprint density at radius 2 is 1.75 bits per heavy atom. The van der Waals surface area contributed by atoms with Crippen LogP contribution >= 0.6 is 30.5 Å². The highest BCUT2D eigenvalue weighted by atomic mass is 35.5. The number of hydrogen-bond acceptors (Lipinski definition) is 12. The number of aromatic nitrogens is 2. The van der Waals surface area contributed by atoms with Gasteiger partial charge in [0.25, 0.3) is 5.91 Å². The monoisotopic (exact) mass is 886 g/mol. The minimum atomic E-state index is -2.56. The lowest BCUT2D eigenvalue weighted by Crippen LogP contribution is -2.52. The molecular weight excluding hydrogens is 835 g/mol. The van der Waals surface area contributed by atoms with Crippen molar-refractivity contribution in [3.63, 3.8) is 0 Å². The number of imide groups is 1. The van der Waals surface area contributed by atoms with Gasteiger partial charge in [0.2, 0.25) is 23.7 Å². The normalized spacial score (nSPS) is 16.9. The van der Waals surface area contributed by atoms with Gasteiger partial charge < -0.3 is 35.1 Å². The van der Waals surface area contributed by atoms with Gasteiger partial charge >= 0.3 is 0 Å². The van der Waals surface area contributed by atoms with Crippen LogP contribution < -0.4 is 36.2 Å². The number of carbonyl (C=O) groups excluding carboxylic acids is 4. The number of nitrogens with one attached hydrogen (secondary N) is 4. The highest BCUT2D eigenvalue weighted by Gasteiger charge is 2.39. The molecule has 3 aromatic carbocycles. The number of unbranched alkanes of at least 4 members (excludes halogenated alkanes) is 3. The molecule has 4 heterocycles. The summed E-state index contributed by atoms with van der Waals surface area (Å²) in [4.78, 5) is 63.9. The second-order valence-electron chi connectivity index (χ2n) is 15.9. The zero-order valence-corrected chi connectivity index (χ0v) is 37.1. The van der Waals surface area contributed by atoms with Gasteiger partial charge in [-0.1, -0.05) is 42.6 Å². The molecule has 4 aromatic rings. The summed E-state index contributed by atoms with van der Waals surface area (Å²) in [5, 5.41) is 13.1. The molecule has 3 aliphatic heterocycles. The summed E-state index contributed by atoms with van der Waals surface area (Å²) < 4.78 is 18.6. The molecule has 1 atom stereocenters. The Labute approximate surface area is 365 Å². The van der Waals surface area contributed by atoms with Crippen molar-refractivity contribution in [2.24, 2.45) is 0 Å². The molecule has 1 unspecified atom stereocenters. The van der Waals surface area contributed by atoms with E-state index in [0.29, 0.717) is 64.2 Å². The third kappa shape index (κ3) is 10.9. The smallest absolute Gasteiger partial charge is 0.255 e. The maximum atomic E-state index is 13.1. The number of fused-ring (bicyclic) bond motifs is 1. The van der Waals surface area contributed by atoms with Crippen molar-refractivity contribution in [2.75, 3.05) is 54.8 Å². The third-order valence-electron chi connectivity index (χ3n) is 11.2. The van der Waals surface area contributed by atoms with E-state index in [-0.39, 0.29) is 30.2 Å². The Bertz CT molecular complexity index is 2340. The molecule has 0 radical (unpaired) electrons. The lowest BCUT2D eigenvalue weighted by atomic mass is 10.0. The number of piperidine rings is 2. The fourth-order valence-electron chi connectivity index (χ4n) is 7.99. The standard InChI is InChI=1S/C44H52ClN8O6PS/c1-59-36-25-29(16-17-33(36)49-44-46-26-32(45)41(51-44)48-34-12-7-8-13-37(34)60(2,3)58)52-22-20-28(21-23-52)47-39(54)15-6-4-5-9-24-61-38-14-10-11-30-31(38)27-53(43(30)57)35-18-19-40(55)50-42(35)56/h7-8,10-14,16-17,25-26,28,35H,4-6,9,15,18-24,27H2,1-3H3,(H,47,54)(H,50,55,56)(H2,46,48,49,51). The molecule has 0 aliphatic carbocycles. The molecule has 0 saturated carbocycles. The zero-order chi connectivity index (χ0) is 43.1. The molecule has 322 valence electrons. The van der Waals surface area contributed by atoms with E-state index in [2.05, 4.69) is 36.1 Å². The second kappa shape index (κ2) is 19.7. The van der Waals surface area contributed by atoms with Gasteiger partial charge in [-0.2, -0.15) is 4.98 Å². The molecule has 4 amide bonds. The highest BCUT2D eigenvalue weighted by Crippen LogP contribution is 2.39. The number of rotatable bonds is 17. The summed E-state index contributed by atoms with van der Waals surface area (Å²) in [6, 6.07) is 18.6. The first-order chi connectivity index (χ1) is 29.4. The van der Waals surface area contributed by atoms with Gasteiger partial charge in [0.15, 0.2) is 5.82 Å². The average molecular weight is 887 g/mol. The largest absolute Gasteiger partial charge is 0.494 e. The lowest BCUT2D eigenvalue weighted by Gasteiger charge is -2.34. The van der Waals surface area contributed by atoms with Gasteiger partial charge in [-0.25, -0.2) is 4.98 Å². The van der Waals surface area contributed by atoms with Crippen LogP contribution in [-0.4, -0.2) is 89.9 Å². The molecule has 0 bridgehead atoms. The van der Waals surface area contributed by atoms with E-state index in [1.165, 1.54) is 6.20 Å². The van der Waals surface area contributed by atoms with E-state index in [1.54, 1.807) is 37.1 Å². The summed E-state index contributed by atoms with van der Waals surface area (Å²) in [5.74, 6) is 1.47. The number of para-hydroxylation sites is 1. The fraction of sp³-hybridized carbons (Fsp3) is 0.409. The van der Waals surface area contributed by atoms with Crippen molar-refractivity contribution >= 4 is 88.3 Å². The summed E-state index contributed by atoms with van der Waals surface area (Å²) in [6.07, 6.45) is 8.09. The lowest BCUT2D eigenvalue weighted by molar-refractivity contribution is -0.137. The Kier molecular flexibility index (Phi) is 14.2. The molecule has 4 N–H and O–H groups in total. The topological polar surface area (TPSA) is 175 Å². The molecule has 61 heavy (non-hydrogen) atoms. The Morgan fingerprint density at radius 3 is 2.52 bits per heavy atom. The van der Waals surface area contributed by atoms with Crippen LogP contribution in [-0.2, 0) is 25.5 Å². The predicted octanol–water partition coefficient (Wildman–Crippen LogP) is 7.46. The summed E-state index contributed by atoms with van der Waals surface area (Å²) in [7, 11) is -0.940. The molecule has 2 saturated heterocycles. The van der Waals surface area contributed by atoms with Crippen LogP contribution in [0.25, 0.3) is 0 Å². The van der Waals surface area contributed by atoms with E-state index >= 15 is 0 Å². The van der Waals surface area contributed by atoms with Crippen molar-refractivity contribution in [1.29, 1.82) is 0 Å². The quantitative estimate of drug-likeness (QED) is 0.0357. The summed E-state index contributed by atoms with van der Waals surface area (Å²) >= 11 is 8.18. The first-order valence-electron chi connectivity index (χ1n) is 20.7. The molecule has 17 heteroatoms. The zero-order valence-electron chi connectivity index (χ0n) is 34.7. The van der Waals surface area contributed by atoms with E-state index in [0.717, 1.165) is 73.5 Å². The van der Waals surface area contributed by atoms with E-state index in [9.17, 15) is 23.7 Å². The van der Waals surface area contributed by atoms with Crippen molar-refractivity contribution in [1.82, 2.24) is 25.5 Å². The number of methoxy groups -OCH3 is 1. The van der Waals surface area contributed by atoms with E-state index < -0.39 is 19.1 Å². The number of ether oxygens (including phenoxy) is 1. The number of hydrogen-bond donors (Lipinski definition) is 4. The van der Waals surface area contributed by atoms with Gasteiger partial charge in [0.1, 0.15) is 24.0 Å². The van der Waals surface area contributed by atoms with Crippen LogP contribution in [0, 0.1) is 0 Å². The van der Waals surface area contributed by atoms with Crippen LogP contribution in [0.1, 0.15) is 73.7 Å². The Morgan fingerprint density at radius 1 is 0.967 bits per heavy atom. The first-order valence-corrected chi connectivity index (χ1v) is 24.7. The van der Waals surface area contributed by atoms with E-state index in [4.69, 9.17) is 16.3 Å². The molecule has 14 nitrogen and oxygen atoms in total. The number of nitrogens with zero attached hydrogens (tertiary/aromatic N) is 4. The number of thioether (sulfide) groups is 1. The van der Waals surface area contributed by atoms with Gasteiger partial charge in [0, 0.05) is 66.0 Å². The Balaban J connectivity index is 0.814. The van der Waals surface area contributed by atoms with Crippen LogP contribution in [0.4, 0.5) is 28.8 Å². The molecule has 3 aliphatic rings. The van der Waals surface area contributed by atoms with Gasteiger partial charge in [0.05, 0.1) is 24.7 Å². The van der Waals surface area contributed by atoms with Gasteiger partial charge in [-0.15, -0.1) is 11.8 Å². The number of carbonyl (C=O) groups is 4. The minimum absolute atomic E-state index is 0.0951. The highest BCUT2D eigenvalue weighted by molar-refractivity contribution is 7.99. The van der Waals surface area contributed by atoms with Crippen molar-refractivity contribution in [2.45, 2.75) is 81.3 Å². The number of benzene rings is 3. The number of halogens is 1. The minimum Gasteiger partial charge on any atom is -0.494 e. The van der Waals surface area contributed by atoms with Crippen LogP contribution in [0.5, 0.6) is 5.75 Å². The molecule has 7 rings (SSSR count). The molecular formula is C44H52ClN8O6PS. The second-order valence-corrected chi connectivity index (χ2v) is 20.6. The van der Waals surface area contributed by atoms with Crippen LogP contribution in [0.15, 0.2) is 71.8 Å². The van der Waals surface area contributed by atoms with Crippen LogP contribution in [0.2, 0.25) is 5.02 Å². The third-order valence-corrected chi connectivity index (χ3v) is 14.2. The number of anilines is 5. The first kappa shape index (κ1) is 44.0. The maximum absolute atomic E-state index is 13.1. The van der Waals surface area contributed by atoms with Crippen molar-refractivity contribution in [3.8, 4) is 5.75 Å². The fourth-order valence-corrected chi connectivity index (χ4v) is 10.4. The predicted molar refractivity (Wildman–Crippen MR) is 242 cm³/mol. The number of amides is 4. The van der Waals surface area contributed by atoms with Crippen molar-refractivity contribution in [3.05, 3.63) is 83.0 Å². The van der Waals surface area contributed by atoms with Crippen molar-refractivity contribution < 1.29 is 28.5 Å². The Hall–Kier alpha value is -5.11. The molecule has 0 spiro atoms. The van der Waals surface area contributed by atoms with Gasteiger partial charge in [-0.3, -0.25) is 24.5 Å². The maximum Gasteiger partial charge on any atom is 0.255 e. The van der Waals surface area contributed by atoms with Crippen LogP contribution in [0.3, 0.4) is 0 Å². The molecule has 2 fully saturated rings. The SMILES string of the molecule is COc1cc(N2CCC(NC(=O)CCCCCCSc3cccc4c3CN(C3CCC(=O)NC3=O)C4=O)CC2)ccc1Nc1ncc(Cl)c(Nc2ccccc2P(C)(C)=O)n1. The van der Waals surface area contributed by atoms with E-state index in [1.807, 2.05) is 60.7 Å². The summed E-state index contributed by atoms with van der Waals surface area (Å²) in [5.41, 5.74) is 3.96.